The van der Waals surface area contributed by atoms with E-state index >= 15 is 0 Å². The van der Waals surface area contributed by atoms with Gasteiger partial charge in [-0.15, -0.1) is 10.2 Å². The fraction of sp³-hybridized carbons (Fsp3) is 0.154. The maximum Gasteiger partial charge on any atom is 0.204 e. The summed E-state index contributed by atoms with van der Waals surface area (Å²) in [7, 11) is 0. The number of hydrogen-bond donors (Lipinski definition) is 1. The zero-order valence-electron chi connectivity index (χ0n) is 19.7. The predicted molar refractivity (Wildman–Crippen MR) is 146 cm³/mol. The largest absolute Gasteiger partial charge is 0.291 e. The van der Waals surface area contributed by atoms with Crippen molar-refractivity contribution < 1.29 is 4.39 Å². The van der Waals surface area contributed by atoms with Crippen LogP contribution in [0.15, 0.2) is 72.0 Å². The summed E-state index contributed by atoms with van der Waals surface area (Å²) in [5.74, 6) is 0.713. The molecule has 0 spiro atoms. The highest BCUT2D eigenvalue weighted by molar-refractivity contribution is 7.98. The molecule has 0 amide bonds. The van der Waals surface area contributed by atoms with Gasteiger partial charge in [0.15, 0.2) is 5.16 Å². The summed E-state index contributed by atoms with van der Waals surface area (Å²) in [6.45, 7) is 4.17. The van der Waals surface area contributed by atoms with Gasteiger partial charge in [0.2, 0.25) is 5.82 Å². The molecule has 1 N–H and O–H groups in total. The number of hydrogen-bond acceptors (Lipinski definition) is 5. The van der Waals surface area contributed by atoms with Crippen molar-refractivity contribution in [3.05, 3.63) is 105 Å². The summed E-state index contributed by atoms with van der Waals surface area (Å²) in [5, 5.41) is 16.5. The molecular weight excluding hydrogens is 554 g/mol. The molecule has 5 aromatic rings. The van der Waals surface area contributed by atoms with Crippen molar-refractivity contribution in [3.63, 3.8) is 0 Å². The van der Waals surface area contributed by atoms with Gasteiger partial charge in [-0.3, -0.25) is 4.57 Å². The summed E-state index contributed by atoms with van der Waals surface area (Å²) in [6, 6.07) is 17.5. The van der Waals surface area contributed by atoms with E-state index in [0.717, 1.165) is 33.2 Å². The first-order chi connectivity index (χ1) is 17.7. The van der Waals surface area contributed by atoms with Crippen LogP contribution in [-0.4, -0.2) is 30.2 Å². The Balaban J connectivity index is 1.54. The van der Waals surface area contributed by atoms with E-state index in [2.05, 4.69) is 34.5 Å². The molecule has 11 heteroatoms. The van der Waals surface area contributed by atoms with Crippen molar-refractivity contribution in [2.45, 2.75) is 30.2 Å². The van der Waals surface area contributed by atoms with Gasteiger partial charge in [0.1, 0.15) is 5.82 Å². The summed E-state index contributed by atoms with van der Waals surface area (Å²) >= 11 is 20.5. The van der Waals surface area contributed by atoms with Crippen LogP contribution in [0.1, 0.15) is 30.7 Å². The Morgan fingerprint density at radius 3 is 2.41 bits per heavy atom. The van der Waals surface area contributed by atoms with Crippen molar-refractivity contribution in [2.75, 3.05) is 0 Å². The third kappa shape index (κ3) is 5.25. The number of aromatic amines is 1. The van der Waals surface area contributed by atoms with E-state index in [1.54, 1.807) is 18.2 Å². The number of nitrogens with one attached hydrogen (secondary N) is 1. The molecule has 0 saturated heterocycles. The first-order valence-electron chi connectivity index (χ1n) is 11.2. The molecule has 0 aliphatic carbocycles. The highest BCUT2D eigenvalue weighted by Crippen LogP contribution is 2.39. The van der Waals surface area contributed by atoms with E-state index in [9.17, 15) is 4.39 Å². The first kappa shape index (κ1) is 25.7. The highest BCUT2D eigenvalue weighted by Gasteiger charge is 2.30. The third-order valence-electron chi connectivity index (χ3n) is 6.10. The Hall–Kier alpha value is -2.91. The lowest BCUT2D eigenvalue weighted by atomic mass is 9.81. The lowest BCUT2D eigenvalue weighted by Crippen LogP contribution is -2.23. The quantitative estimate of drug-likeness (QED) is 0.201. The average molecular weight is 574 g/mol. The molecule has 188 valence electrons. The van der Waals surface area contributed by atoms with Gasteiger partial charge in [-0.2, -0.15) is 5.21 Å². The molecule has 0 atom stereocenters. The summed E-state index contributed by atoms with van der Waals surface area (Å²) in [6.07, 6.45) is 1.84. The summed E-state index contributed by atoms with van der Waals surface area (Å²) in [5.41, 5.74) is 3.87. The normalized spacial score (nSPS) is 11.7. The lowest BCUT2D eigenvalue weighted by Gasteiger charge is -2.28. The summed E-state index contributed by atoms with van der Waals surface area (Å²) < 4.78 is 15.8. The van der Waals surface area contributed by atoms with Gasteiger partial charge < -0.3 is 0 Å². The number of benzene rings is 3. The van der Waals surface area contributed by atoms with Crippen molar-refractivity contribution in [2.24, 2.45) is 0 Å². The number of imidazole rings is 1. The fourth-order valence-corrected chi connectivity index (χ4v) is 5.55. The SMILES string of the molecule is CC(C)(c1ccc(Cl)c(Cl)c1)c1cnc(SCc2cc(-c3nn[nH]n3)ccc2Cl)n1-c1ccc(F)cc1. The minimum Gasteiger partial charge on any atom is -0.291 e. The number of aromatic nitrogens is 6. The molecule has 6 nitrogen and oxygen atoms in total. The highest BCUT2D eigenvalue weighted by atomic mass is 35.5. The van der Waals surface area contributed by atoms with Crippen LogP contribution in [0.3, 0.4) is 0 Å². The Bertz CT molecular complexity index is 1550. The molecule has 5 rings (SSSR count). The number of H-pyrrole nitrogens is 1. The predicted octanol–water partition coefficient (Wildman–Crippen LogP) is 7.77. The van der Waals surface area contributed by atoms with Crippen molar-refractivity contribution in [1.29, 1.82) is 0 Å². The van der Waals surface area contributed by atoms with E-state index in [-0.39, 0.29) is 5.82 Å². The number of halogens is 4. The standard InChI is InChI=1S/C26H20Cl3FN6S/c1-26(2,17-4-10-21(28)22(29)12-17)23-13-31-25(36(23)19-7-5-18(30)6-8-19)37-14-16-11-15(3-9-20(16)27)24-32-34-35-33-24/h3-13H,14H2,1-2H3,(H,32,33,34,35). The zero-order valence-corrected chi connectivity index (χ0v) is 22.8. The van der Waals surface area contributed by atoms with Crippen molar-refractivity contribution >= 4 is 46.6 Å². The van der Waals surface area contributed by atoms with Crippen LogP contribution < -0.4 is 0 Å². The lowest BCUT2D eigenvalue weighted by molar-refractivity contribution is 0.591. The number of thioether (sulfide) groups is 1. The van der Waals surface area contributed by atoms with Crippen LogP contribution >= 0.6 is 46.6 Å². The van der Waals surface area contributed by atoms with Gasteiger partial charge in [0, 0.05) is 27.4 Å². The van der Waals surface area contributed by atoms with Gasteiger partial charge >= 0.3 is 0 Å². The van der Waals surface area contributed by atoms with E-state index < -0.39 is 5.41 Å². The molecule has 2 heterocycles. The Morgan fingerprint density at radius 2 is 1.70 bits per heavy atom. The van der Waals surface area contributed by atoms with Gasteiger partial charge in [-0.1, -0.05) is 66.5 Å². The van der Waals surface area contributed by atoms with Gasteiger partial charge in [-0.05, 0) is 70.9 Å². The molecule has 0 aliphatic rings. The van der Waals surface area contributed by atoms with E-state index in [0.29, 0.717) is 26.6 Å². The smallest absolute Gasteiger partial charge is 0.204 e. The molecular formula is C26H20Cl3FN6S. The van der Waals surface area contributed by atoms with Crippen LogP contribution in [0, 0.1) is 5.82 Å². The number of rotatable bonds is 7. The molecule has 3 aromatic carbocycles. The Kier molecular flexibility index (Phi) is 7.27. The van der Waals surface area contributed by atoms with Crippen LogP contribution in [0.25, 0.3) is 17.1 Å². The maximum absolute atomic E-state index is 13.8. The zero-order chi connectivity index (χ0) is 26.2. The molecule has 0 unspecified atom stereocenters. The second kappa shape index (κ2) is 10.5. The monoisotopic (exact) mass is 572 g/mol. The molecule has 0 fully saturated rings. The van der Waals surface area contributed by atoms with Crippen LogP contribution in [0.2, 0.25) is 15.1 Å². The van der Waals surface area contributed by atoms with Crippen molar-refractivity contribution in [1.82, 2.24) is 30.2 Å². The minimum absolute atomic E-state index is 0.312. The second-order valence-corrected chi connectivity index (χ2v) is 11.0. The topological polar surface area (TPSA) is 72.3 Å². The second-order valence-electron chi connectivity index (χ2n) is 8.82. The molecule has 2 aromatic heterocycles. The molecule has 0 bridgehead atoms. The molecule has 0 saturated carbocycles. The minimum atomic E-state index is -0.495. The Morgan fingerprint density at radius 1 is 0.946 bits per heavy atom. The Labute approximate surface area is 232 Å². The third-order valence-corrected chi connectivity index (χ3v) is 8.21. The first-order valence-corrected chi connectivity index (χ1v) is 13.3. The number of tetrazole rings is 1. The summed E-state index contributed by atoms with van der Waals surface area (Å²) in [4.78, 5) is 4.75. The van der Waals surface area contributed by atoms with Gasteiger partial charge in [0.25, 0.3) is 0 Å². The van der Waals surface area contributed by atoms with Gasteiger partial charge in [-0.25, -0.2) is 9.37 Å². The molecule has 0 aliphatic heterocycles. The van der Waals surface area contributed by atoms with Gasteiger partial charge in [0.05, 0.1) is 21.9 Å². The molecule has 37 heavy (non-hydrogen) atoms. The van der Waals surface area contributed by atoms with Crippen LogP contribution in [0.5, 0.6) is 0 Å². The average Bonchev–Trinajstić information content (AvgIpc) is 3.56. The maximum atomic E-state index is 13.8. The fourth-order valence-electron chi connectivity index (χ4n) is 4.00. The van der Waals surface area contributed by atoms with E-state index in [4.69, 9.17) is 39.8 Å². The van der Waals surface area contributed by atoms with E-state index in [1.165, 1.54) is 23.9 Å². The van der Waals surface area contributed by atoms with Crippen LogP contribution in [-0.2, 0) is 11.2 Å². The number of nitrogens with zero attached hydrogens (tertiary/aromatic N) is 5. The van der Waals surface area contributed by atoms with Crippen molar-refractivity contribution in [3.8, 4) is 17.1 Å². The van der Waals surface area contributed by atoms with E-state index in [1.807, 2.05) is 41.1 Å². The van der Waals surface area contributed by atoms with Crippen LogP contribution in [0.4, 0.5) is 4.39 Å². The molecule has 0 radical (unpaired) electrons.